The van der Waals surface area contributed by atoms with Crippen molar-refractivity contribution in [3.8, 4) is 22.3 Å². The molecule has 0 radical (unpaired) electrons. The lowest BCUT2D eigenvalue weighted by molar-refractivity contribution is -0.0711. The molecule has 0 atom stereocenters. The van der Waals surface area contributed by atoms with Crippen molar-refractivity contribution in [1.82, 2.24) is 14.9 Å². The van der Waals surface area contributed by atoms with Crippen LogP contribution in [0.3, 0.4) is 0 Å². The third-order valence-electron chi connectivity index (χ3n) is 7.03. The van der Waals surface area contributed by atoms with Crippen LogP contribution in [0.1, 0.15) is 56.6 Å². The zero-order valence-corrected chi connectivity index (χ0v) is 20.5. The molecule has 1 amide bonds. The number of rotatable bonds is 3. The molecule has 1 spiro atoms. The van der Waals surface area contributed by atoms with Crippen LogP contribution in [-0.4, -0.2) is 33.9 Å². The second kappa shape index (κ2) is 7.95. The molecule has 2 aromatic heterocycles. The summed E-state index contributed by atoms with van der Waals surface area (Å²) in [5.41, 5.74) is 5.94. The van der Waals surface area contributed by atoms with Crippen molar-refractivity contribution in [2.24, 2.45) is 11.3 Å². The third-order valence-corrected chi connectivity index (χ3v) is 7.34. The largest absolute Gasteiger partial charge is 0.337 e. The number of carbonyl (C=O) groups excluding carboxylic acids is 1. The first-order valence-corrected chi connectivity index (χ1v) is 12.0. The molecule has 1 aliphatic heterocycles. The van der Waals surface area contributed by atoms with Crippen LogP contribution < -0.4 is 0 Å². The molecule has 5 heteroatoms. The normalized spacial score (nSPS) is 17.5. The van der Waals surface area contributed by atoms with Gasteiger partial charge in [-0.2, -0.15) is 0 Å². The molecule has 1 saturated carbocycles. The fraction of sp³-hybridized carbons (Fsp3) is 0.393. The summed E-state index contributed by atoms with van der Waals surface area (Å²) in [5.74, 6) is 0.875. The van der Waals surface area contributed by atoms with Crippen molar-refractivity contribution in [3.05, 3.63) is 71.3 Å². The maximum absolute atomic E-state index is 12.9. The van der Waals surface area contributed by atoms with Gasteiger partial charge in [0.25, 0.3) is 5.91 Å². The van der Waals surface area contributed by atoms with E-state index in [0.717, 1.165) is 47.0 Å². The van der Waals surface area contributed by atoms with Crippen molar-refractivity contribution in [1.29, 1.82) is 0 Å². The molecular formula is C28H30ClN3O. The molecular weight excluding hydrogens is 430 g/mol. The van der Waals surface area contributed by atoms with Gasteiger partial charge in [0.2, 0.25) is 0 Å². The van der Waals surface area contributed by atoms with E-state index in [-0.39, 0.29) is 11.3 Å². The van der Waals surface area contributed by atoms with Crippen molar-refractivity contribution in [3.63, 3.8) is 0 Å². The molecule has 0 bridgehead atoms. The van der Waals surface area contributed by atoms with Crippen LogP contribution in [0.2, 0.25) is 5.02 Å². The lowest BCUT2D eigenvalue weighted by Crippen LogP contribution is -2.63. The first-order chi connectivity index (χ1) is 15.6. The molecule has 33 heavy (non-hydrogen) atoms. The van der Waals surface area contributed by atoms with Gasteiger partial charge < -0.3 is 4.90 Å². The minimum atomic E-state index is -0.0281. The zero-order valence-electron chi connectivity index (χ0n) is 19.7. The van der Waals surface area contributed by atoms with Gasteiger partial charge in [0.1, 0.15) is 0 Å². The molecule has 1 aliphatic carbocycles. The number of hydrogen-bond acceptors (Lipinski definition) is 3. The second-order valence-electron chi connectivity index (χ2n) is 11.0. The van der Waals surface area contributed by atoms with Crippen molar-refractivity contribution in [2.75, 3.05) is 13.1 Å². The Hall–Kier alpha value is -2.72. The van der Waals surface area contributed by atoms with Crippen LogP contribution in [0.15, 0.2) is 55.0 Å². The third kappa shape index (κ3) is 4.17. The summed E-state index contributed by atoms with van der Waals surface area (Å²) < 4.78 is 0. The molecule has 170 valence electrons. The smallest absolute Gasteiger partial charge is 0.253 e. The number of hydrogen-bond donors (Lipinski definition) is 0. The molecule has 1 aromatic carbocycles. The highest BCUT2D eigenvalue weighted by Gasteiger charge is 2.52. The number of likely N-dealkylation sites (tertiary alicyclic amines) is 1. The van der Waals surface area contributed by atoms with Gasteiger partial charge in [-0.3, -0.25) is 14.8 Å². The molecule has 4 nitrogen and oxygen atoms in total. The topological polar surface area (TPSA) is 46.1 Å². The average molecular weight is 460 g/mol. The van der Waals surface area contributed by atoms with E-state index in [9.17, 15) is 4.79 Å². The zero-order chi connectivity index (χ0) is 23.4. The SMILES string of the molecule is CC1CC2(C1)CN(C(=O)c1ccc(-c3cncc(-c4ccnc(C(C)(C)C)c4)c3)c(Cl)c1)C2. The number of aromatic nitrogens is 2. The number of pyridine rings is 2. The Morgan fingerprint density at radius 2 is 1.76 bits per heavy atom. The number of nitrogens with zero attached hydrogens (tertiary/aromatic N) is 3. The summed E-state index contributed by atoms with van der Waals surface area (Å²) in [4.78, 5) is 23.9. The van der Waals surface area contributed by atoms with Gasteiger partial charge in [0.05, 0.1) is 0 Å². The Morgan fingerprint density at radius 1 is 1.03 bits per heavy atom. The average Bonchev–Trinajstić information content (AvgIpc) is 2.74. The van der Waals surface area contributed by atoms with E-state index in [0.29, 0.717) is 16.0 Å². The van der Waals surface area contributed by atoms with Crippen molar-refractivity contribution >= 4 is 17.5 Å². The summed E-state index contributed by atoms with van der Waals surface area (Å²) in [6.45, 7) is 10.5. The predicted molar refractivity (Wildman–Crippen MR) is 133 cm³/mol. The molecule has 2 aliphatic rings. The van der Waals surface area contributed by atoms with E-state index in [4.69, 9.17) is 11.6 Å². The second-order valence-corrected chi connectivity index (χ2v) is 11.4. The number of halogens is 1. The highest BCUT2D eigenvalue weighted by atomic mass is 35.5. The summed E-state index contributed by atoms with van der Waals surface area (Å²) in [7, 11) is 0. The molecule has 0 unspecified atom stereocenters. The first kappa shape index (κ1) is 22.1. The lowest BCUT2D eigenvalue weighted by Gasteiger charge is -2.58. The molecule has 3 aromatic rings. The van der Waals surface area contributed by atoms with Gasteiger partial charge in [0, 0.05) is 75.5 Å². The van der Waals surface area contributed by atoms with Crippen LogP contribution in [0.25, 0.3) is 22.3 Å². The van der Waals surface area contributed by atoms with E-state index >= 15 is 0 Å². The van der Waals surface area contributed by atoms with Crippen molar-refractivity contribution in [2.45, 2.75) is 46.0 Å². The monoisotopic (exact) mass is 459 g/mol. The van der Waals surface area contributed by atoms with E-state index in [1.54, 1.807) is 6.07 Å². The predicted octanol–water partition coefficient (Wildman–Crippen LogP) is 6.63. The molecule has 2 fully saturated rings. The van der Waals surface area contributed by atoms with Crippen LogP contribution in [-0.2, 0) is 5.41 Å². The highest BCUT2D eigenvalue weighted by molar-refractivity contribution is 6.33. The Labute approximate surface area is 201 Å². The van der Waals surface area contributed by atoms with E-state index < -0.39 is 0 Å². The van der Waals surface area contributed by atoms with Gasteiger partial charge in [-0.1, -0.05) is 45.4 Å². The highest BCUT2D eigenvalue weighted by Crippen LogP contribution is 2.51. The van der Waals surface area contributed by atoms with Crippen LogP contribution >= 0.6 is 11.6 Å². The van der Waals surface area contributed by atoms with E-state index in [2.05, 4.69) is 49.8 Å². The van der Waals surface area contributed by atoms with Crippen LogP contribution in [0.4, 0.5) is 0 Å². The Morgan fingerprint density at radius 3 is 2.42 bits per heavy atom. The number of amides is 1. The molecule has 5 rings (SSSR count). The summed E-state index contributed by atoms with van der Waals surface area (Å²) in [6.07, 6.45) is 8.01. The standard InChI is InChI=1S/C28H30ClN3O/c1-18-12-28(13-18)16-32(17-28)26(33)20-5-6-23(24(29)10-20)22-9-21(14-30-15-22)19-7-8-31-25(11-19)27(2,3)4/h5-11,14-15,18H,12-13,16-17H2,1-4H3. The molecule has 0 N–H and O–H groups in total. The van der Waals surface area contributed by atoms with Crippen LogP contribution in [0.5, 0.6) is 0 Å². The minimum absolute atomic E-state index is 0.0281. The minimum Gasteiger partial charge on any atom is -0.337 e. The first-order valence-electron chi connectivity index (χ1n) is 11.6. The Kier molecular flexibility index (Phi) is 5.32. The van der Waals surface area contributed by atoms with Crippen LogP contribution in [0, 0.1) is 11.3 Å². The Bertz CT molecular complexity index is 1220. The summed E-state index contributed by atoms with van der Waals surface area (Å²) in [5, 5.41) is 0.567. The lowest BCUT2D eigenvalue weighted by atomic mass is 9.58. The maximum atomic E-state index is 12.9. The number of benzene rings is 1. The Balaban J connectivity index is 1.37. The van der Waals surface area contributed by atoms with E-state index in [1.807, 2.05) is 41.7 Å². The molecule has 3 heterocycles. The van der Waals surface area contributed by atoms with Gasteiger partial charge >= 0.3 is 0 Å². The maximum Gasteiger partial charge on any atom is 0.253 e. The molecule has 1 saturated heterocycles. The fourth-order valence-electron chi connectivity index (χ4n) is 5.41. The van der Waals surface area contributed by atoms with E-state index in [1.165, 1.54) is 12.8 Å². The number of carbonyl (C=O) groups is 1. The van der Waals surface area contributed by atoms with Crippen molar-refractivity contribution < 1.29 is 4.79 Å². The summed E-state index contributed by atoms with van der Waals surface area (Å²) in [6, 6.07) is 11.8. The van der Waals surface area contributed by atoms with Gasteiger partial charge in [-0.15, -0.1) is 0 Å². The van der Waals surface area contributed by atoms with Gasteiger partial charge in [-0.05, 0) is 54.7 Å². The van der Waals surface area contributed by atoms with Gasteiger partial charge in [0.15, 0.2) is 0 Å². The van der Waals surface area contributed by atoms with Gasteiger partial charge in [-0.25, -0.2) is 0 Å². The summed E-state index contributed by atoms with van der Waals surface area (Å²) >= 11 is 6.66. The quantitative estimate of drug-likeness (QED) is 0.441. The fourth-order valence-corrected chi connectivity index (χ4v) is 5.70.